The van der Waals surface area contributed by atoms with Gasteiger partial charge in [0, 0.05) is 17.6 Å². The number of nitrogens with two attached hydrogens (primary N) is 1. The number of rotatable bonds is 5. The highest BCUT2D eigenvalue weighted by Gasteiger charge is 2.21. The van der Waals surface area contributed by atoms with Crippen LogP contribution in [0.2, 0.25) is 0 Å². The van der Waals surface area contributed by atoms with Gasteiger partial charge in [-0.2, -0.15) is 0 Å². The summed E-state index contributed by atoms with van der Waals surface area (Å²) in [6.07, 6.45) is 0.588. The van der Waals surface area contributed by atoms with Crippen LogP contribution in [-0.4, -0.2) is 19.3 Å². The Morgan fingerprint density at radius 2 is 2.00 bits per heavy atom. The van der Waals surface area contributed by atoms with Gasteiger partial charge in [0.2, 0.25) is 0 Å². The van der Waals surface area contributed by atoms with Crippen molar-refractivity contribution in [3.63, 3.8) is 0 Å². The summed E-state index contributed by atoms with van der Waals surface area (Å²) in [7, 11) is 1.66. The van der Waals surface area contributed by atoms with Crippen LogP contribution in [0.5, 0.6) is 0 Å². The van der Waals surface area contributed by atoms with Gasteiger partial charge in [-0.1, -0.05) is 29.8 Å². The Bertz CT molecular complexity index is 350. The van der Waals surface area contributed by atoms with E-state index in [9.17, 15) is 4.39 Å². The summed E-state index contributed by atoms with van der Waals surface area (Å²) in [4.78, 5) is 0. The van der Waals surface area contributed by atoms with Crippen LogP contribution in [0.1, 0.15) is 19.4 Å². The first-order valence-electron chi connectivity index (χ1n) is 5.67. The van der Waals surface area contributed by atoms with Gasteiger partial charge in [-0.3, -0.25) is 0 Å². The van der Waals surface area contributed by atoms with Gasteiger partial charge in [-0.05, 0) is 36.1 Å². The number of ether oxygens (including phenoxy) is 1. The SMILES string of the molecule is COC(C(C)C)C(N)Cc1cc(F)cc(Br)c1. The summed E-state index contributed by atoms with van der Waals surface area (Å²) < 4.78 is 19.3. The van der Waals surface area contributed by atoms with Crippen molar-refractivity contribution in [2.24, 2.45) is 11.7 Å². The Hall–Kier alpha value is -0.450. The quantitative estimate of drug-likeness (QED) is 0.907. The molecule has 0 aliphatic heterocycles. The fourth-order valence-electron chi connectivity index (χ4n) is 2.06. The van der Waals surface area contributed by atoms with Gasteiger partial charge in [0.25, 0.3) is 0 Å². The van der Waals surface area contributed by atoms with Gasteiger partial charge < -0.3 is 10.5 Å². The second-order valence-corrected chi connectivity index (χ2v) is 5.51. The average molecular weight is 304 g/mol. The zero-order valence-electron chi connectivity index (χ0n) is 10.4. The molecule has 1 rings (SSSR count). The molecule has 0 aromatic heterocycles. The first kappa shape index (κ1) is 14.6. The van der Waals surface area contributed by atoms with E-state index in [4.69, 9.17) is 10.5 Å². The van der Waals surface area contributed by atoms with Gasteiger partial charge in [0.05, 0.1) is 6.10 Å². The van der Waals surface area contributed by atoms with E-state index in [1.54, 1.807) is 7.11 Å². The Morgan fingerprint density at radius 3 is 2.47 bits per heavy atom. The number of hydrogen-bond acceptors (Lipinski definition) is 2. The molecule has 0 bridgehead atoms. The summed E-state index contributed by atoms with van der Waals surface area (Å²) in [6.45, 7) is 4.13. The van der Waals surface area contributed by atoms with Crippen molar-refractivity contribution in [1.82, 2.24) is 0 Å². The molecule has 0 aliphatic rings. The maximum Gasteiger partial charge on any atom is 0.124 e. The molecular formula is C13H19BrFNO. The van der Waals surface area contributed by atoms with Crippen LogP contribution in [0, 0.1) is 11.7 Å². The van der Waals surface area contributed by atoms with Gasteiger partial charge in [0.15, 0.2) is 0 Å². The Morgan fingerprint density at radius 1 is 1.35 bits per heavy atom. The van der Waals surface area contributed by atoms with E-state index in [-0.39, 0.29) is 18.0 Å². The number of halogens is 2. The summed E-state index contributed by atoms with van der Waals surface area (Å²) >= 11 is 3.27. The van der Waals surface area contributed by atoms with Gasteiger partial charge in [-0.15, -0.1) is 0 Å². The van der Waals surface area contributed by atoms with Crippen molar-refractivity contribution < 1.29 is 9.13 Å². The molecule has 0 heterocycles. The van der Waals surface area contributed by atoms with Crippen LogP contribution < -0.4 is 5.73 Å². The number of methoxy groups -OCH3 is 1. The second kappa shape index (κ2) is 6.47. The molecule has 2 nitrogen and oxygen atoms in total. The predicted octanol–water partition coefficient (Wildman–Crippen LogP) is 3.13. The van der Waals surface area contributed by atoms with Gasteiger partial charge >= 0.3 is 0 Å². The van der Waals surface area contributed by atoms with E-state index < -0.39 is 0 Å². The van der Waals surface area contributed by atoms with E-state index in [0.717, 1.165) is 10.0 Å². The predicted molar refractivity (Wildman–Crippen MR) is 71.4 cm³/mol. The lowest BCUT2D eigenvalue weighted by atomic mass is 9.94. The fraction of sp³-hybridized carbons (Fsp3) is 0.538. The molecule has 17 heavy (non-hydrogen) atoms. The van der Waals surface area contributed by atoms with Gasteiger partial charge in [0.1, 0.15) is 5.82 Å². The largest absolute Gasteiger partial charge is 0.380 e. The van der Waals surface area contributed by atoms with E-state index >= 15 is 0 Å². The third-order valence-corrected chi connectivity index (χ3v) is 3.20. The van der Waals surface area contributed by atoms with Crippen LogP contribution in [0.15, 0.2) is 22.7 Å². The maximum absolute atomic E-state index is 13.2. The molecule has 0 saturated carbocycles. The lowest BCUT2D eigenvalue weighted by molar-refractivity contribution is 0.0441. The molecule has 4 heteroatoms. The van der Waals surface area contributed by atoms with Crippen LogP contribution >= 0.6 is 15.9 Å². The smallest absolute Gasteiger partial charge is 0.124 e. The second-order valence-electron chi connectivity index (χ2n) is 4.59. The lowest BCUT2D eigenvalue weighted by Gasteiger charge is -2.26. The monoisotopic (exact) mass is 303 g/mol. The average Bonchev–Trinajstić information content (AvgIpc) is 2.15. The minimum Gasteiger partial charge on any atom is -0.380 e. The summed E-state index contributed by atoms with van der Waals surface area (Å²) in [5.74, 6) is 0.0899. The Balaban J connectivity index is 2.76. The highest BCUT2D eigenvalue weighted by Crippen LogP contribution is 2.18. The summed E-state index contributed by atoms with van der Waals surface area (Å²) in [5.41, 5.74) is 6.98. The molecule has 1 aromatic carbocycles. The first-order valence-corrected chi connectivity index (χ1v) is 6.46. The number of hydrogen-bond donors (Lipinski definition) is 1. The van der Waals surface area contributed by atoms with Crippen molar-refractivity contribution >= 4 is 15.9 Å². The van der Waals surface area contributed by atoms with Crippen molar-refractivity contribution in [2.45, 2.75) is 32.4 Å². The van der Waals surface area contributed by atoms with E-state index in [1.807, 2.05) is 6.07 Å². The molecular weight excluding hydrogens is 285 g/mol. The topological polar surface area (TPSA) is 35.2 Å². The van der Waals surface area contributed by atoms with E-state index in [2.05, 4.69) is 29.8 Å². The molecule has 2 unspecified atom stereocenters. The van der Waals surface area contributed by atoms with Crippen LogP contribution in [0.4, 0.5) is 4.39 Å². The van der Waals surface area contributed by atoms with Crippen molar-refractivity contribution in [1.29, 1.82) is 0 Å². The van der Waals surface area contributed by atoms with E-state index in [0.29, 0.717) is 12.3 Å². The molecule has 0 fully saturated rings. The molecule has 2 N–H and O–H groups in total. The molecule has 0 saturated heterocycles. The Kier molecular flexibility index (Phi) is 5.56. The molecule has 0 spiro atoms. The molecule has 0 aliphatic carbocycles. The zero-order valence-corrected chi connectivity index (χ0v) is 12.0. The van der Waals surface area contributed by atoms with E-state index in [1.165, 1.54) is 12.1 Å². The van der Waals surface area contributed by atoms with Crippen molar-refractivity contribution in [3.05, 3.63) is 34.1 Å². The van der Waals surface area contributed by atoms with Crippen molar-refractivity contribution in [2.75, 3.05) is 7.11 Å². The summed E-state index contributed by atoms with van der Waals surface area (Å²) in [5, 5.41) is 0. The standard InChI is InChI=1S/C13H19BrFNO/c1-8(2)13(17-3)12(16)6-9-4-10(14)7-11(15)5-9/h4-5,7-8,12-13H,6,16H2,1-3H3. The maximum atomic E-state index is 13.2. The third kappa shape index (κ3) is 4.37. The van der Waals surface area contributed by atoms with Gasteiger partial charge in [-0.25, -0.2) is 4.39 Å². The normalized spacial score (nSPS) is 15.0. The highest BCUT2D eigenvalue weighted by atomic mass is 79.9. The highest BCUT2D eigenvalue weighted by molar-refractivity contribution is 9.10. The minimum absolute atomic E-state index is 0.0166. The first-order chi connectivity index (χ1) is 7.93. The molecule has 0 amide bonds. The number of benzene rings is 1. The van der Waals surface area contributed by atoms with Crippen LogP contribution in [0.3, 0.4) is 0 Å². The molecule has 0 radical (unpaired) electrons. The van der Waals surface area contributed by atoms with Crippen molar-refractivity contribution in [3.8, 4) is 0 Å². The van der Waals surface area contributed by atoms with Crippen LogP contribution in [0.25, 0.3) is 0 Å². The lowest BCUT2D eigenvalue weighted by Crippen LogP contribution is -2.41. The fourth-order valence-corrected chi connectivity index (χ4v) is 2.57. The zero-order chi connectivity index (χ0) is 13.0. The minimum atomic E-state index is -0.250. The molecule has 96 valence electrons. The third-order valence-electron chi connectivity index (χ3n) is 2.74. The Labute approximate surface area is 110 Å². The molecule has 2 atom stereocenters. The summed E-state index contributed by atoms with van der Waals surface area (Å²) in [6, 6.07) is 4.70. The van der Waals surface area contributed by atoms with Crippen LogP contribution in [-0.2, 0) is 11.2 Å². The molecule has 1 aromatic rings.